The molecule has 118 valence electrons. The Hall–Kier alpha value is -1.35. The molecule has 2 aromatic rings. The first-order valence-electron chi connectivity index (χ1n) is 7.58. The van der Waals surface area contributed by atoms with Crippen LogP contribution in [0.4, 0.5) is 0 Å². The van der Waals surface area contributed by atoms with Gasteiger partial charge in [0.2, 0.25) is 0 Å². The smallest absolute Gasteiger partial charge is 0.0500 e. The van der Waals surface area contributed by atoms with Crippen LogP contribution in [0.5, 0.6) is 0 Å². The van der Waals surface area contributed by atoms with E-state index < -0.39 is 0 Å². The van der Waals surface area contributed by atoms with Crippen molar-refractivity contribution in [3.8, 4) is 0 Å². The van der Waals surface area contributed by atoms with E-state index in [0.717, 1.165) is 17.1 Å². The number of hydrogen-bond acceptors (Lipinski definition) is 2. The highest BCUT2D eigenvalue weighted by atomic mass is 35.5. The van der Waals surface area contributed by atoms with Gasteiger partial charge in [0.1, 0.15) is 0 Å². The van der Waals surface area contributed by atoms with Crippen LogP contribution in [0.1, 0.15) is 36.6 Å². The lowest BCUT2D eigenvalue weighted by atomic mass is 9.81. The zero-order valence-corrected chi connectivity index (χ0v) is 14.2. The third-order valence-electron chi connectivity index (χ3n) is 4.05. The van der Waals surface area contributed by atoms with E-state index in [0.29, 0.717) is 0 Å². The Morgan fingerprint density at radius 2 is 1.82 bits per heavy atom. The monoisotopic (exact) mass is 317 g/mol. The van der Waals surface area contributed by atoms with Crippen LogP contribution in [0, 0.1) is 12.3 Å². The molecule has 2 N–H and O–H groups in total. The molecule has 0 unspecified atom stereocenters. The summed E-state index contributed by atoms with van der Waals surface area (Å²) < 4.78 is 0. The first-order chi connectivity index (χ1) is 10.4. The average molecular weight is 318 g/mol. The molecule has 2 rings (SSSR count). The number of rotatable bonds is 6. The van der Waals surface area contributed by atoms with Gasteiger partial charge >= 0.3 is 0 Å². The standard InChI is InChI=1S/C19H24ClNO/c1-14-11-15(9-10-17(14)20)12-21-18(19(2,3)13-22)16-7-5-4-6-8-16/h4-11,18,21-22H,12-13H2,1-3H3/t18-/m1/s1. The Morgan fingerprint density at radius 3 is 2.41 bits per heavy atom. The van der Waals surface area contributed by atoms with Gasteiger partial charge in [-0.25, -0.2) is 0 Å². The lowest BCUT2D eigenvalue weighted by molar-refractivity contribution is 0.114. The van der Waals surface area contributed by atoms with Gasteiger partial charge in [-0.15, -0.1) is 0 Å². The van der Waals surface area contributed by atoms with Gasteiger partial charge < -0.3 is 10.4 Å². The maximum atomic E-state index is 9.75. The van der Waals surface area contributed by atoms with Crippen LogP contribution < -0.4 is 5.32 Å². The highest BCUT2D eigenvalue weighted by molar-refractivity contribution is 6.31. The molecule has 22 heavy (non-hydrogen) atoms. The summed E-state index contributed by atoms with van der Waals surface area (Å²) in [7, 11) is 0. The second-order valence-electron chi connectivity index (χ2n) is 6.45. The molecular weight excluding hydrogens is 294 g/mol. The summed E-state index contributed by atoms with van der Waals surface area (Å²) in [6.45, 7) is 7.02. The van der Waals surface area contributed by atoms with Crippen molar-refractivity contribution in [2.24, 2.45) is 5.41 Å². The van der Waals surface area contributed by atoms with Crippen LogP contribution in [0.25, 0.3) is 0 Å². The van der Waals surface area contributed by atoms with Crippen LogP contribution in [0.3, 0.4) is 0 Å². The number of halogens is 1. The van der Waals surface area contributed by atoms with E-state index in [1.54, 1.807) is 0 Å². The van der Waals surface area contributed by atoms with Gasteiger partial charge in [-0.05, 0) is 29.7 Å². The van der Waals surface area contributed by atoms with Gasteiger partial charge in [-0.1, -0.05) is 67.9 Å². The van der Waals surface area contributed by atoms with Gasteiger partial charge in [0, 0.05) is 29.6 Å². The summed E-state index contributed by atoms with van der Waals surface area (Å²) >= 11 is 6.08. The van der Waals surface area contributed by atoms with E-state index in [4.69, 9.17) is 11.6 Å². The van der Waals surface area contributed by atoms with Crippen LogP contribution in [-0.2, 0) is 6.54 Å². The minimum Gasteiger partial charge on any atom is -0.396 e. The summed E-state index contributed by atoms with van der Waals surface area (Å²) in [6.07, 6.45) is 0. The number of hydrogen-bond donors (Lipinski definition) is 2. The Bertz CT molecular complexity index is 610. The fourth-order valence-electron chi connectivity index (χ4n) is 2.62. The molecule has 0 amide bonds. The predicted molar refractivity (Wildman–Crippen MR) is 93.1 cm³/mol. The summed E-state index contributed by atoms with van der Waals surface area (Å²) in [4.78, 5) is 0. The van der Waals surface area contributed by atoms with Crippen LogP contribution in [-0.4, -0.2) is 11.7 Å². The van der Waals surface area contributed by atoms with E-state index in [9.17, 15) is 5.11 Å². The molecule has 0 fully saturated rings. The number of aliphatic hydroxyl groups is 1. The van der Waals surface area contributed by atoms with Crippen LogP contribution in [0.2, 0.25) is 5.02 Å². The molecule has 3 heteroatoms. The van der Waals surface area contributed by atoms with E-state index >= 15 is 0 Å². The van der Waals surface area contributed by atoms with Gasteiger partial charge in [-0.2, -0.15) is 0 Å². The Balaban J connectivity index is 2.18. The lowest BCUT2D eigenvalue weighted by Gasteiger charge is -2.34. The maximum absolute atomic E-state index is 9.75. The molecule has 0 aliphatic heterocycles. The fraction of sp³-hybridized carbons (Fsp3) is 0.368. The van der Waals surface area contributed by atoms with Gasteiger partial charge in [0.05, 0.1) is 0 Å². The Kier molecular flexibility index (Phi) is 5.63. The third kappa shape index (κ3) is 4.10. The molecule has 0 saturated carbocycles. The van der Waals surface area contributed by atoms with Crippen molar-refractivity contribution in [3.05, 3.63) is 70.2 Å². The second-order valence-corrected chi connectivity index (χ2v) is 6.86. The third-order valence-corrected chi connectivity index (χ3v) is 4.48. The molecule has 0 aliphatic carbocycles. The van der Waals surface area contributed by atoms with Gasteiger partial charge in [0.15, 0.2) is 0 Å². The van der Waals surface area contributed by atoms with E-state index in [1.807, 2.05) is 37.3 Å². The quantitative estimate of drug-likeness (QED) is 0.822. The number of aliphatic hydroxyl groups excluding tert-OH is 1. The molecule has 0 spiro atoms. The zero-order chi connectivity index (χ0) is 16.2. The number of aryl methyl sites for hydroxylation is 1. The largest absolute Gasteiger partial charge is 0.396 e. The van der Waals surface area contributed by atoms with Crippen molar-refractivity contribution in [1.82, 2.24) is 5.32 Å². The Labute approximate surface area is 138 Å². The lowest BCUT2D eigenvalue weighted by Crippen LogP contribution is -2.36. The predicted octanol–water partition coefficient (Wildman–Crippen LogP) is 4.50. The summed E-state index contributed by atoms with van der Waals surface area (Å²) in [5, 5.41) is 14.1. The minimum absolute atomic E-state index is 0.0784. The first-order valence-corrected chi connectivity index (χ1v) is 7.96. The molecule has 0 bridgehead atoms. The fourth-order valence-corrected chi connectivity index (χ4v) is 2.74. The molecule has 0 saturated heterocycles. The first kappa shape index (κ1) is 17.0. The highest BCUT2D eigenvalue weighted by Crippen LogP contribution is 2.33. The van der Waals surface area contributed by atoms with Crippen LogP contribution >= 0.6 is 11.6 Å². The van der Waals surface area contributed by atoms with Gasteiger partial charge in [0.25, 0.3) is 0 Å². The molecule has 0 aliphatic rings. The molecule has 0 heterocycles. The Morgan fingerprint density at radius 1 is 1.14 bits per heavy atom. The summed E-state index contributed by atoms with van der Waals surface area (Å²) in [5.74, 6) is 0. The van der Waals surface area contributed by atoms with Crippen LogP contribution in [0.15, 0.2) is 48.5 Å². The highest BCUT2D eigenvalue weighted by Gasteiger charge is 2.29. The zero-order valence-electron chi connectivity index (χ0n) is 13.4. The average Bonchev–Trinajstić information content (AvgIpc) is 2.52. The van der Waals surface area contributed by atoms with Crippen molar-refractivity contribution in [1.29, 1.82) is 0 Å². The van der Waals surface area contributed by atoms with Gasteiger partial charge in [-0.3, -0.25) is 0 Å². The molecule has 0 aromatic heterocycles. The maximum Gasteiger partial charge on any atom is 0.0500 e. The van der Waals surface area contributed by atoms with Crippen molar-refractivity contribution >= 4 is 11.6 Å². The molecular formula is C19H24ClNO. The molecule has 2 nitrogen and oxygen atoms in total. The normalized spacial score (nSPS) is 13.1. The summed E-state index contributed by atoms with van der Waals surface area (Å²) in [6, 6.07) is 16.4. The van der Waals surface area contributed by atoms with E-state index in [2.05, 4.69) is 37.4 Å². The van der Waals surface area contributed by atoms with E-state index in [-0.39, 0.29) is 18.1 Å². The number of benzene rings is 2. The SMILES string of the molecule is Cc1cc(CN[C@H](c2ccccc2)C(C)(C)CO)ccc1Cl. The number of nitrogens with one attached hydrogen (secondary N) is 1. The topological polar surface area (TPSA) is 32.3 Å². The second kappa shape index (κ2) is 7.28. The summed E-state index contributed by atoms with van der Waals surface area (Å²) in [5.41, 5.74) is 3.21. The van der Waals surface area contributed by atoms with Crippen molar-refractivity contribution in [2.75, 3.05) is 6.61 Å². The molecule has 2 aromatic carbocycles. The van der Waals surface area contributed by atoms with Crippen molar-refractivity contribution in [2.45, 2.75) is 33.4 Å². The minimum atomic E-state index is -0.247. The van der Waals surface area contributed by atoms with Crippen molar-refractivity contribution in [3.63, 3.8) is 0 Å². The van der Waals surface area contributed by atoms with Crippen molar-refractivity contribution < 1.29 is 5.11 Å². The molecule has 0 radical (unpaired) electrons. The molecule has 1 atom stereocenters. The van der Waals surface area contributed by atoms with E-state index in [1.165, 1.54) is 11.1 Å².